The molecule has 1 fully saturated rings. The molecule has 0 saturated heterocycles. The number of carbonyl (C=O) groups excluding carboxylic acids is 1. The summed E-state index contributed by atoms with van der Waals surface area (Å²) in [5.74, 6) is 0.798. The SMILES string of the molecule is CCCCOc1ccc(NC(=O)C2(c3ccc(Cl)cc3)CCCCC2)c2cccnc12. The minimum atomic E-state index is -0.534. The van der Waals surface area contributed by atoms with Crippen molar-refractivity contribution in [3.05, 3.63) is 65.3 Å². The van der Waals surface area contributed by atoms with Gasteiger partial charge >= 0.3 is 0 Å². The predicted molar refractivity (Wildman–Crippen MR) is 127 cm³/mol. The first-order chi connectivity index (χ1) is 15.1. The average Bonchev–Trinajstić information content (AvgIpc) is 2.81. The Morgan fingerprint density at radius 1 is 1.10 bits per heavy atom. The maximum Gasteiger partial charge on any atom is 0.235 e. The molecule has 1 heterocycles. The number of anilines is 1. The Kier molecular flexibility index (Phi) is 6.77. The van der Waals surface area contributed by atoms with Gasteiger partial charge in [-0.3, -0.25) is 9.78 Å². The number of hydrogen-bond acceptors (Lipinski definition) is 3. The molecule has 1 aliphatic carbocycles. The number of unbranched alkanes of at least 4 members (excludes halogenated alkanes) is 1. The summed E-state index contributed by atoms with van der Waals surface area (Å²) in [5, 5.41) is 4.82. The van der Waals surface area contributed by atoms with Crippen molar-refractivity contribution < 1.29 is 9.53 Å². The number of rotatable bonds is 7. The van der Waals surface area contributed by atoms with Crippen LogP contribution in [0, 0.1) is 0 Å². The fraction of sp³-hybridized carbons (Fsp3) is 0.385. The summed E-state index contributed by atoms with van der Waals surface area (Å²) in [6.07, 6.45) is 8.77. The number of fused-ring (bicyclic) bond motifs is 1. The summed E-state index contributed by atoms with van der Waals surface area (Å²) < 4.78 is 5.95. The monoisotopic (exact) mass is 436 g/mol. The summed E-state index contributed by atoms with van der Waals surface area (Å²) >= 11 is 6.11. The fourth-order valence-electron chi connectivity index (χ4n) is 4.51. The van der Waals surface area contributed by atoms with Gasteiger partial charge in [0.25, 0.3) is 0 Å². The van der Waals surface area contributed by atoms with Crippen LogP contribution in [0.2, 0.25) is 5.02 Å². The zero-order valence-corrected chi connectivity index (χ0v) is 18.8. The first-order valence-corrected chi connectivity index (χ1v) is 11.6. The van der Waals surface area contributed by atoms with E-state index in [0.717, 1.165) is 66.4 Å². The van der Waals surface area contributed by atoms with Crippen LogP contribution in [0.5, 0.6) is 5.75 Å². The lowest BCUT2D eigenvalue weighted by molar-refractivity contribution is -0.122. The second kappa shape index (κ2) is 9.69. The van der Waals surface area contributed by atoms with E-state index in [-0.39, 0.29) is 5.91 Å². The van der Waals surface area contributed by atoms with Gasteiger partial charge in [-0.2, -0.15) is 0 Å². The molecular formula is C26H29ClN2O2. The van der Waals surface area contributed by atoms with Crippen molar-refractivity contribution in [3.8, 4) is 5.75 Å². The molecule has 4 rings (SSSR count). The second-order valence-electron chi connectivity index (χ2n) is 8.32. The first kappa shape index (κ1) is 21.6. The molecule has 31 heavy (non-hydrogen) atoms. The van der Waals surface area contributed by atoms with Crippen molar-refractivity contribution in [1.29, 1.82) is 0 Å². The van der Waals surface area contributed by atoms with Crippen molar-refractivity contribution in [2.75, 3.05) is 11.9 Å². The predicted octanol–water partition coefficient (Wildman–Crippen LogP) is 6.91. The number of ether oxygens (including phenoxy) is 1. The van der Waals surface area contributed by atoms with E-state index in [1.807, 2.05) is 48.5 Å². The Balaban J connectivity index is 1.66. The highest BCUT2D eigenvalue weighted by Crippen LogP contribution is 2.41. The summed E-state index contributed by atoms with van der Waals surface area (Å²) in [6.45, 7) is 2.80. The van der Waals surface area contributed by atoms with E-state index in [2.05, 4.69) is 17.2 Å². The largest absolute Gasteiger partial charge is 0.491 e. The number of nitrogens with zero attached hydrogens (tertiary/aromatic N) is 1. The number of hydrogen-bond donors (Lipinski definition) is 1. The molecule has 1 aromatic heterocycles. The van der Waals surface area contributed by atoms with Gasteiger partial charge < -0.3 is 10.1 Å². The summed E-state index contributed by atoms with van der Waals surface area (Å²) in [4.78, 5) is 18.3. The van der Waals surface area contributed by atoms with Crippen molar-refractivity contribution >= 4 is 34.1 Å². The molecule has 1 N–H and O–H groups in total. The zero-order chi connectivity index (χ0) is 21.7. The molecule has 2 aromatic carbocycles. The minimum absolute atomic E-state index is 0.0410. The maximum absolute atomic E-state index is 13.7. The van der Waals surface area contributed by atoms with Gasteiger partial charge in [-0.25, -0.2) is 0 Å². The van der Waals surface area contributed by atoms with Crippen LogP contribution in [0.15, 0.2) is 54.7 Å². The summed E-state index contributed by atoms with van der Waals surface area (Å²) in [6, 6.07) is 15.5. The van der Waals surface area contributed by atoms with Crippen LogP contribution in [0.3, 0.4) is 0 Å². The molecule has 162 valence electrons. The Labute approximate surface area is 189 Å². The Morgan fingerprint density at radius 2 is 1.87 bits per heavy atom. The Bertz CT molecular complexity index is 1040. The minimum Gasteiger partial charge on any atom is -0.491 e. The van der Waals surface area contributed by atoms with Crippen LogP contribution < -0.4 is 10.1 Å². The van der Waals surface area contributed by atoms with Crippen LogP contribution in [0.1, 0.15) is 57.4 Å². The van der Waals surface area contributed by atoms with E-state index in [1.165, 1.54) is 6.42 Å². The molecule has 1 aliphatic rings. The number of aromatic nitrogens is 1. The third-order valence-corrected chi connectivity index (χ3v) is 6.53. The van der Waals surface area contributed by atoms with Gasteiger partial charge in [0.1, 0.15) is 11.3 Å². The molecule has 0 bridgehead atoms. The molecule has 0 spiro atoms. The quantitative estimate of drug-likeness (QED) is 0.409. The highest BCUT2D eigenvalue weighted by atomic mass is 35.5. The fourth-order valence-corrected chi connectivity index (χ4v) is 4.64. The summed E-state index contributed by atoms with van der Waals surface area (Å²) in [5.41, 5.74) is 2.06. The molecule has 0 unspecified atom stereocenters. The molecule has 0 atom stereocenters. The van der Waals surface area contributed by atoms with Crippen molar-refractivity contribution in [2.24, 2.45) is 0 Å². The Hall–Kier alpha value is -2.59. The van der Waals surface area contributed by atoms with E-state index in [4.69, 9.17) is 16.3 Å². The second-order valence-corrected chi connectivity index (χ2v) is 8.75. The lowest BCUT2D eigenvalue weighted by Crippen LogP contribution is -2.42. The van der Waals surface area contributed by atoms with E-state index in [0.29, 0.717) is 11.6 Å². The van der Waals surface area contributed by atoms with Gasteiger partial charge in [0.2, 0.25) is 5.91 Å². The van der Waals surface area contributed by atoms with E-state index >= 15 is 0 Å². The Morgan fingerprint density at radius 3 is 2.61 bits per heavy atom. The van der Waals surface area contributed by atoms with Gasteiger partial charge in [-0.1, -0.05) is 56.3 Å². The molecule has 5 heteroatoms. The highest BCUT2D eigenvalue weighted by molar-refractivity contribution is 6.30. The lowest BCUT2D eigenvalue weighted by Gasteiger charge is -2.36. The van der Waals surface area contributed by atoms with E-state index in [1.54, 1.807) is 6.20 Å². The van der Waals surface area contributed by atoms with Gasteiger partial charge in [0.15, 0.2) is 0 Å². The molecule has 1 amide bonds. The summed E-state index contributed by atoms with van der Waals surface area (Å²) in [7, 11) is 0. The number of benzene rings is 2. The lowest BCUT2D eigenvalue weighted by atomic mass is 9.68. The topological polar surface area (TPSA) is 51.2 Å². The van der Waals surface area contributed by atoms with Crippen molar-refractivity contribution in [1.82, 2.24) is 4.98 Å². The van der Waals surface area contributed by atoms with E-state index < -0.39 is 5.41 Å². The van der Waals surface area contributed by atoms with Crippen LogP contribution in [0.25, 0.3) is 10.9 Å². The molecule has 0 aliphatic heterocycles. The van der Waals surface area contributed by atoms with Gasteiger partial charge in [-0.15, -0.1) is 0 Å². The number of amides is 1. The van der Waals surface area contributed by atoms with Crippen molar-refractivity contribution in [2.45, 2.75) is 57.3 Å². The van der Waals surface area contributed by atoms with Crippen molar-refractivity contribution in [3.63, 3.8) is 0 Å². The smallest absolute Gasteiger partial charge is 0.235 e. The number of halogens is 1. The zero-order valence-electron chi connectivity index (χ0n) is 18.0. The number of pyridine rings is 1. The van der Waals surface area contributed by atoms with Crippen LogP contribution in [-0.4, -0.2) is 17.5 Å². The number of carbonyl (C=O) groups is 1. The molecular weight excluding hydrogens is 408 g/mol. The van der Waals surface area contributed by atoms with Crippen LogP contribution in [-0.2, 0) is 10.2 Å². The maximum atomic E-state index is 13.7. The standard InChI is InChI=1S/C26H29ClN2O2/c1-2-3-18-31-23-14-13-22(21-8-7-17-28-24(21)23)29-25(30)26(15-5-4-6-16-26)19-9-11-20(27)12-10-19/h7-14,17H,2-6,15-16,18H2,1H3,(H,29,30). The third-order valence-electron chi connectivity index (χ3n) is 6.27. The molecule has 0 radical (unpaired) electrons. The molecule has 3 aromatic rings. The van der Waals surface area contributed by atoms with Crippen LogP contribution >= 0.6 is 11.6 Å². The molecule has 4 nitrogen and oxygen atoms in total. The van der Waals surface area contributed by atoms with Gasteiger partial charge in [0.05, 0.1) is 17.7 Å². The van der Waals surface area contributed by atoms with Gasteiger partial charge in [0, 0.05) is 16.6 Å². The normalized spacial score (nSPS) is 15.5. The third kappa shape index (κ3) is 4.54. The van der Waals surface area contributed by atoms with Gasteiger partial charge in [-0.05, 0) is 61.2 Å². The molecule has 1 saturated carbocycles. The van der Waals surface area contributed by atoms with Crippen LogP contribution in [0.4, 0.5) is 5.69 Å². The first-order valence-electron chi connectivity index (χ1n) is 11.2. The number of nitrogens with one attached hydrogen (secondary N) is 1. The average molecular weight is 437 g/mol. The van der Waals surface area contributed by atoms with E-state index in [9.17, 15) is 4.79 Å². The highest BCUT2D eigenvalue weighted by Gasteiger charge is 2.41.